The first-order valence-corrected chi connectivity index (χ1v) is 13.4. The molecule has 8 nitrogen and oxygen atoms in total. The number of ketones is 1. The van der Waals surface area contributed by atoms with Crippen molar-refractivity contribution < 1.29 is 19.4 Å². The third-order valence-corrected chi connectivity index (χ3v) is 7.92. The van der Waals surface area contributed by atoms with Crippen LogP contribution < -0.4 is 5.32 Å². The van der Waals surface area contributed by atoms with Gasteiger partial charge in [-0.3, -0.25) is 9.59 Å². The molecule has 0 bridgehead atoms. The molecule has 2 aromatic rings. The lowest BCUT2D eigenvalue weighted by molar-refractivity contribution is -0.140. The van der Waals surface area contributed by atoms with Gasteiger partial charge in [-0.2, -0.15) is 0 Å². The number of allylic oxidation sites excluding steroid dienone is 2. The second-order valence-electron chi connectivity index (χ2n) is 10.8. The second kappa shape index (κ2) is 10.4. The van der Waals surface area contributed by atoms with Gasteiger partial charge in [0.1, 0.15) is 0 Å². The van der Waals surface area contributed by atoms with Crippen LogP contribution >= 0.6 is 0 Å². The molecule has 3 heterocycles. The Kier molecular flexibility index (Phi) is 7.28. The van der Waals surface area contributed by atoms with Gasteiger partial charge in [0.05, 0.1) is 35.6 Å². The lowest BCUT2D eigenvalue weighted by Crippen LogP contribution is -2.51. The summed E-state index contributed by atoms with van der Waals surface area (Å²) >= 11 is 0. The Morgan fingerprint density at radius 3 is 2.75 bits per heavy atom. The van der Waals surface area contributed by atoms with Crippen LogP contribution in [0.25, 0.3) is 11.0 Å². The quantitative estimate of drug-likeness (QED) is 0.411. The SMILES string of the molecule is CC(C)CC1=CC1(C(=O)c1nc2ccccc2n1CCCO)C1CNCC(C(=O)N2CCOCC2)C1. The summed E-state index contributed by atoms with van der Waals surface area (Å²) < 4.78 is 7.40. The summed E-state index contributed by atoms with van der Waals surface area (Å²) in [5.74, 6) is 0.947. The number of aromatic nitrogens is 2. The lowest BCUT2D eigenvalue weighted by Gasteiger charge is -2.38. The molecule has 36 heavy (non-hydrogen) atoms. The Balaban J connectivity index is 1.45. The Morgan fingerprint density at radius 2 is 2.00 bits per heavy atom. The summed E-state index contributed by atoms with van der Waals surface area (Å²) in [5, 5.41) is 13.0. The molecule has 2 aliphatic heterocycles. The number of hydrogen-bond acceptors (Lipinski definition) is 6. The van der Waals surface area contributed by atoms with Gasteiger partial charge >= 0.3 is 0 Å². The van der Waals surface area contributed by atoms with E-state index in [2.05, 4.69) is 25.2 Å². The summed E-state index contributed by atoms with van der Waals surface area (Å²) in [6.45, 7) is 8.73. The van der Waals surface area contributed by atoms with Gasteiger partial charge in [-0.1, -0.05) is 37.6 Å². The average molecular weight is 495 g/mol. The van der Waals surface area contributed by atoms with Crippen LogP contribution in [0.15, 0.2) is 35.9 Å². The van der Waals surface area contributed by atoms with Crippen LogP contribution in [0, 0.1) is 23.2 Å². The van der Waals surface area contributed by atoms with Crippen molar-refractivity contribution in [2.45, 2.75) is 39.7 Å². The number of aryl methyl sites for hydroxylation is 1. The van der Waals surface area contributed by atoms with Gasteiger partial charge in [0.15, 0.2) is 5.82 Å². The van der Waals surface area contributed by atoms with Gasteiger partial charge in [0.25, 0.3) is 0 Å². The molecule has 1 aromatic carbocycles. The van der Waals surface area contributed by atoms with E-state index >= 15 is 0 Å². The Morgan fingerprint density at radius 1 is 1.22 bits per heavy atom. The van der Waals surface area contributed by atoms with Crippen LogP contribution in [0.1, 0.15) is 43.7 Å². The molecule has 3 aliphatic rings. The molecule has 1 amide bonds. The van der Waals surface area contributed by atoms with Crippen molar-refractivity contribution in [1.29, 1.82) is 0 Å². The number of nitrogens with zero attached hydrogens (tertiary/aromatic N) is 3. The minimum absolute atomic E-state index is 0.00796. The van der Waals surface area contributed by atoms with Crippen LogP contribution in [0.5, 0.6) is 0 Å². The zero-order chi connectivity index (χ0) is 25.3. The highest BCUT2D eigenvalue weighted by molar-refractivity contribution is 6.07. The Labute approximate surface area is 212 Å². The fourth-order valence-corrected chi connectivity index (χ4v) is 6.09. The molecule has 0 saturated carbocycles. The van der Waals surface area contributed by atoms with Crippen molar-refractivity contribution >= 4 is 22.7 Å². The number of morpholine rings is 1. The van der Waals surface area contributed by atoms with E-state index in [0.717, 1.165) is 17.5 Å². The number of carbonyl (C=O) groups is 2. The minimum atomic E-state index is -0.695. The van der Waals surface area contributed by atoms with Crippen LogP contribution in [-0.2, 0) is 16.1 Å². The highest BCUT2D eigenvalue weighted by atomic mass is 16.5. The largest absolute Gasteiger partial charge is 0.396 e. The normalized spacial score (nSPS) is 26.3. The summed E-state index contributed by atoms with van der Waals surface area (Å²) in [7, 11) is 0. The smallest absolute Gasteiger partial charge is 0.227 e. The number of imidazole rings is 1. The molecule has 194 valence electrons. The van der Waals surface area contributed by atoms with Crippen LogP contribution in [0.2, 0.25) is 0 Å². The number of nitrogens with one attached hydrogen (secondary N) is 1. The Hall–Kier alpha value is -2.55. The first kappa shape index (κ1) is 25.1. The number of para-hydroxylation sites is 2. The summed E-state index contributed by atoms with van der Waals surface area (Å²) in [6, 6.07) is 7.80. The maximum atomic E-state index is 14.4. The molecule has 0 radical (unpaired) electrons. The second-order valence-corrected chi connectivity index (χ2v) is 10.8. The number of hydrogen-bond donors (Lipinski definition) is 2. The highest BCUT2D eigenvalue weighted by Crippen LogP contribution is 2.57. The number of benzene rings is 1. The van der Waals surface area contributed by atoms with Crippen LogP contribution in [0.3, 0.4) is 0 Å². The monoisotopic (exact) mass is 494 g/mol. The van der Waals surface area contributed by atoms with E-state index in [1.807, 2.05) is 33.7 Å². The van der Waals surface area contributed by atoms with Gasteiger partial charge < -0.3 is 24.6 Å². The van der Waals surface area contributed by atoms with E-state index in [-0.39, 0.29) is 30.1 Å². The number of ether oxygens (including phenoxy) is 1. The molecule has 8 heteroatoms. The number of aliphatic hydroxyl groups excluding tert-OH is 1. The molecule has 2 saturated heterocycles. The van der Waals surface area contributed by atoms with Crippen LogP contribution in [-0.4, -0.2) is 77.2 Å². The highest BCUT2D eigenvalue weighted by Gasteiger charge is 2.58. The van der Waals surface area contributed by atoms with E-state index in [1.165, 1.54) is 5.57 Å². The molecular weight excluding hydrogens is 456 g/mol. The first-order chi connectivity index (χ1) is 17.5. The molecule has 0 spiro atoms. The van der Waals surface area contributed by atoms with Crippen LogP contribution in [0.4, 0.5) is 0 Å². The van der Waals surface area contributed by atoms with Gasteiger partial charge in [0, 0.05) is 32.8 Å². The summed E-state index contributed by atoms with van der Waals surface area (Å²) in [4.78, 5) is 34.4. The Bertz CT molecular complexity index is 1150. The van der Waals surface area contributed by atoms with E-state index in [4.69, 9.17) is 9.72 Å². The zero-order valence-electron chi connectivity index (χ0n) is 21.4. The van der Waals surface area contributed by atoms with Gasteiger partial charge in [0.2, 0.25) is 11.7 Å². The number of amides is 1. The number of fused-ring (bicyclic) bond motifs is 1. The van der Waals surface area contributed by atoms with E-state index < -0.39 is 5.41 Å². The van der Waals surface area contributed by atoms with Crippen molar-refractivity contribution in [3.63, 3.8) is 0 Å². The van der Waals surface area contributed by atoms with Crippen molar-refractivity contribution in [3.05, 3.63) is 41.7 Å². The predicted octanol–water partition coefficient (Wildman–Crippen LogP) is 2.66. The summed E-state index contributed by atoms with van der Waals surface area (Å²) in [6.07, 6.45) is 4.26. The first-order valence-electron chi connectivity index (χ1n) is 13.4. The fourth-order valence-electron chi connectivity index (χ4n) is 6.09. The predicted molar refractivity (Wildman–Crippen MR) is 138 cm³/mol. The molecular formula is C28H38N4O4. The molecule has 2 fully saturated rings. The van der Waals surface area contributed by atoms with Gasteiger partial charge in [-0.25, -0.2) is 4.98 Å². The number of carbonyl (C=O) groups excluding carboxylic acids is 2. The molecule has 3 atom stereocenters. The molecule has 2 N–H and O–H groups in total. The van der Waals surface area contributed by atoms with Crippen molar-refractivity contribution in [2.24, 2.45) is 23.2 Å². The number of aliphatic hydroxyl groups is 1. The van der Waals surface area contributed by atoms with Crippen molar-refractivity contribution in [2.75, 3.05) is 46.0 Å². The minimum Gasteiger partial charge on any atom is -0.396 e. The third-order valence-electron chi connectivity index (χ3n) is 7.92. The lowest BCUT2D eigenvalue weighted by atomic mass is 9.72. The molecule has 1 aliphatic carbocycles. The van der Waals surface area contributed by atoms with E-state index in [9.17, 15) is 14.7 Å². The molecule has 1 aromatic heterocycles. The number of Topliss-reactive ketones (excluding diaryl/α,β-unsaturated/α-hetero) is 1. The van der Waals surface area contributed by atoms with E-state index in [1.54, 1.807) is 0 Å². The number of rotatable bonds is 9. The zero-order valence-corrected chi connectivity index (χ0v) is 21.4. The average Bonchev–Trinajstić information content (AvgIpc) is 3.50. The summed E-state index contributed by atoms with van der Waals surface area (Å²) in [5.41, 5.74) is 2.19. The van der Waals surface area contributed by atoms with Gasteiger partial charge in [-0.05, 0) is 49.8 Å². The molecule has 3 unspecified atom stereocenters. The maximum absolute atomic E-state index is 14.4. The fraction of sp³-hybridized carbons (Fsp3) is 0.607. The molecule has 5 rings (SSSR count). The van der Waals surface area contributed by atoms with E-state index in [0.29, 0.717) is 70.5 Å². The topological polar surface area (TPSA) is 96.7 Å². The maximum Gasteiger partial charge on any atom is 0.227 e. The van der Waals surface area contributed by atoms with Gasteiger partial charge in [-0.15, -0.1) is 0 Å². The van der Waals surface area contributed by atoms with Crippen molar-refractivity contribution in [3.8, 4) is 0 Å². The third kappa shape index (κ3) is 4.62. The standard InChI is InChI=1S/C28H38N4O4/c1-19(2)14-21-16-28(21,22-15-20(17-29-18-22)27(35)31-9-12-36-13-10-31)25(34)26-30-23-6-3-4-7-24(23)32(26)8-5-11-33/h3-4,6-7,16,19-20,22,29,33H,5,8-15,17-18H2,1-2H3. The number of piperidine rings is 1. The van der Waals surface area contributed by atoms with Crippen molar-refractivity contribution in [1.82, 2.24) is 19.8 Å².